The fourth-order valence-corrected chi connectivity index (χ4v) is 9.54. The smallest absolute Gasteiger partial charge is 0.00206 e. The molecule has 12 aromatic rings. The van der Waals surface area contributed by atoms with Gasteiger partial charge < -0.3 is 0 Å². The molecular weight excluding hydrogens is 649 g/mol. The highest BCUT2D eigenvalue weighted by atomic mass is 14.2. The maximum atomic E-state index is 2.45. The molecule has 0 nitrogen and oxygen atoms in total. The van der Waals surface area contributed by atoms with Crippen LogP contribution in [0.3, 0.4) is 0 Å². The number of rotatable bonds is 4. The maximum absolute atomic E-state index is 2.45. The van der Waals surface area contributed by atoms with E-state index in [2.05, 4.69) is 194 Å². The standard InChI is InChI=1S/C54H32/c1-2-14-41-33(8-1)9-7-17-44(41)50-32-40(26-29-47(50)46-28-23-39-21-19-35-11-6-13-37-25-31-49(46)54(39)52(35)37)42-15-3-4-16-43(42)45-27-22-38-20-18-34-10-5-12-36-24-30-48(45)53(38)51(34)36/h1-32H. The number of fused-ring (bicyclic) bond motifs is 1. The molecule has 0 aliphatic rings. The molecular formula is C54H32. The van der Waals surface area contributed by atoms with E-state index in [4.69, 9.17) is 0 Å². The van der Waals surface area contributed by atoms with Crippen LogP contribution in [-0.2, 0) is 0 Å². The molecule has 0 radical (unpaired) electrons. The highest BCUT2D eigenvalue weighted by Gasteiger charge is 2.19. The van der Waals surface area contributed by atoms with Gasteiger partial charge in [0.1, 0.15) is 0 Å². The Morgan fingerprint density at radius 2 is 0.574 bits per heavy atom. The largest absolute Gasteiger partial charge is 0.0616 e. The fraction of sp³-hybridized carbons (Fsp3) is 0. The SMILES string of the molecule is c1ccc(-c2ccc3ccc4cccc5ccc2c3c45)c(-c2ccc(-c3ccc4ccc5cccc6ccc3c4c56)c(-c3cccc4ccccc34)c2)c1. The van der Waals surface area contributed by atoms with E-state index in [-0.39, 0.29) is 0 Å². The summed E-state index contributed by atoms with van der Waals surface area (Å²) in [6, 6.07) is 72.5. The molecule has 0 N–H and O–H groups in total. The van der Waals surface area contributed by atoms with Crippen molar-refractivity contribution in [3.63, 3.8) is 0 Å². The van der Waals surface area contributed by atoms with Crippen LogP contribution in [-0.4, -0.2) is 0 Å². The quantitative estimate of drug-likeness (QED) is 0.162. The van der Waals surface area contributed by atoms with Crippen LogP contribution >= 0.6 is 0 Å². The van der Waals surface area contributed by atoms with Crippen molar-refractivity contribution in [2.24, 2.45) is 0 Å². The zero-order valence-electron chi connectivity index (χ0n) is 29.5. The zero-order valence-corrected chi connectivity index (χ0v) is 29.5. The summed E-state index contributed by atoms with van der Waals surface area (Å²) in [6.07, 6.45) is 0. The first-order valence-corrected chi connectivity index (χ1v) is 18.8. The van der Waals surface area contributed by atoms with Gasteiger partial charge >= 0.3 is 0 Å². The van der Waals surface area contributed by atoms with E-state index in [1.807, 2.05) is 0 Å². The topological polar surface area (TPSA) is 0 Å². The van der Waals surface area contributed by atoms with Gasteiger partial charge in [0.15, 0.2) is 0 Å². The van der Waals surface area contributed by atoms with Crippen LogP contribution < -0.4 is 0 Å². The Balaban J connectivity index is 1.13. The number of hydrogen-bond acceptors (Lipinski definition) is 0. The molecule has 0 bridgehead atoms. The third-order valence-electron chi connectivity index (χ3n) is 12.0. The number of hydrogen-bond donors (Lipinski definition) is 0. The summed E-state index contributed by atoms with van der Waals surface area (Å²) in [5.74, 6) is 0. The van der Waals surface area contributed by atoms with Gasteiger partial charge in [0, 0.05) is 0 Å². The molecule has 12 rings (SSSR count). The molecule has 0 aliphatic carbocycles. The van der Waals surface area contributed by atoms with Gasteiger partial charge in [-0.05, 0) is 126 Å². The average molecular weight is 681 g/mol. The Kier molecular flexibility index (Phi) is 6.15. The Bertz CT molecular complexity index is 3400. The lowest BCUT2D eigenvalue weighted by molar-refractivity contribution is 1.58. The highest BCUT2D eigenvalue weighted by molar-refractivity contribution is 6.27. The lowest BCUT2D eigenvalue weighted by Gasteiger charge is -2.20. The van der Waals surface area contributed by atoms with E-state index in [0.29, 0.717) is 0 Å². The summed E-state index contributed by atoms with van der Waals surface area (Å²) in [7, 11) is 0. The normalized spacial score (nSPS) is 12.1. The molecule has 0 spiro atoms. The minimum Gasteiger partial charge on any atom is -0.0616 e. The van der Waals surface area contributed by atoms with Crippen molar-refractivity contribution in [3.8, 4) is 44.5 Å². The number of benzene rings is 12. The van der Waals surface area contributed by atoms with Crippen LogP contribution in [0.4, 0.5) is 0 Å². The van der Waals surface area contributed by atoms with Crippen molar-refractivity contribution in [2.75, 3.05) is 0 Å². The third kappa shape index (κ3) is 4.20. The molecule has 0 amide bonds. The van der Waals surface area contributed by atoms with Crippen LogP contribution in [0.2, 0.25) is 0 Å². The zero-order chi connectivity index (χ0) is 35.3. The fourth-order valence-electron chi connectivity index (χ4n) is 9.54. The second kappa shape index (κ2) is 11.2. The maximum Gasteiger partial charge on any atom is -0.00206 e. The van der Waals surface area contributed by atoms with Crippen molar-refractivity contribution in [3.05, 3.63) is 194 Å². The predicted molar refractivity (Wildman–Crippen MR) is 233 cm³/mol. The lowest BCUT2D eigenvalue weighted by Crippen LogP contribution is -1.93. The summed E-state index contributed by atoms with van der Waals surface area (Å²) < 4.78 is 0. The van der Waals surface area contributed by atoms with E-state index in [1.165, 1.54) is 120 Å². The molecule has 0 heterocycles. The second-order valence-corrected chi connectivity index (χ2v) is 14.8. The monoisotopic (exact) mass is 680 g/mol. The van der Waals surface area contributed by atoms with Gasteiger partial charge in [0.05, 0.1) is 0 Å². The molecule has 0 fully saturated rings. The first-order valence-electron chi connectivity index (χ1n) is 18.8. The Morgan fingerprint density at radius 3 is 1.20 bits per heavy atom. The molecule has 0 heteroatoms. The van der Waals surface area contributed by atoms with E-state index >= 15 is 0 Å². The minimum atomic E-state index is 1.21. The van der Waals surface area contributed by atoms with Gasteiger partial charge in [-0.15, -0.1) is 0 Å². The predicted octanol–water partition coefficient (Wildman–Crippen LogP) is 15.3. The van der Waals surface area contributed by atoms with Crippen LogP contribution in [0, 0.1) is 0 Å². The Hall–Kier alpha value is -7.02. The molecule has 0 unspecified atom stereocenters. The summed E-state index contributed by atoms with van der Waals surface area (Å²) in [4.78, 5) is 0. The van der Waals surface area contributed by atoms with Crippen LogP contribution in [0.15, 0.2) is 194 Å². The summed E-state index contributed by atoms with van der Waals surface area (Å²) >= 11 is 0. The van der Waals surface area contributed by atoms with E-state index in [0.717, 1.165) is 0 Å². The van der Waals surface area contributed by atoms with Crippen LogP contribution in [0.5, 0.6) is 0 Å². The van der Waals surface area contributed by atoms with Gasteiger partial charge in [-0.2, -0.15) is 0 Å². The first kappa shape index (κ1) is 29.5. The molecule has 12 aromatic carbocycles. The molecule has 0 aromatic heterocycles. The van der Waals surface area contributed by atoms with Gasteiger partial charge in [-0.3, -0.25) is 0 Å². The van der Waals surface area contributed by atoms with Crippen molar-refractivity contribution in [1.82, 2.24) is 0 Å². The highest BCUT2D eigenvalue weighted by Crippen LogP contribution is 2.46. The molecule has 0 saturated carbocycles. The van der Waals surface area contributed by atoms with Crippen LogP contribution in [0.25, 0.3) is 120 Å². The molecule has 0 atom stereocenters. The van der Waals surface area contributed by atoms with E-state index in [1.54, 1.807) is 0 Å². The average Bonchev–Trinajstić information content (AvgIpc) is 3.24. The van der Waals surface area contributed by atoms with Gasteiger partial charge in [-0.25, -0.2) is 0 Å². The molecule has 0 aliphatic heterocycles. The molecule has 54 heavy (non-hydrogen) atoms. The summed E-state index contributed by atoms with van der Waals surface area (Å²) in [5.41, 5.74) is 9.94. The molecule has 248 valence electrons. The third-order valence-corrected chi connectivity index (χ3v) is 12.0. The van der Waals surface area contributed by atoms with Crippen LogP contribution in [0.1, 0.15) is 0 Å². The van der Waals surface area contributed by atoms with Crippen molar-refractivity contribution in [2.45, 2.75) is 0 Å². The van der Waals surface area contributed by atoms with Gasteiger partial charge in [0.25, 0.3) is 0 Å². The lowest BCUT2D eigenvalue weighted by atomic mass is 9.84. The van der Waals surface area contributed by atoms with Crippen molar-refractivity contribution in [1.29, 1.82) is 0 Å². The first-order chi connectivity index (χ1) is 26.8. The van der Waals surface area contributed by atoms with Crippen molar-refractivity contribution >= 4 is 75.4 Å². The van der Waals surface area contributed by atoms with Gasteiger partial charge in [0.2, 0.25) is 0 Å². The Labute approximate surface area is 312 Å². The van der Waals surface area contributed by atoms with E-state index in [9.17, 15) is 0 Å². The molecule has 0 saturated heterocycles. The summed E-state index contributed by atoms with van der Waals surface area (Å²) in [6.45, 7) is 0. The second-order valence-electron chi connectivity index (χ2n) is 14.8. The van der Waals surface area contributed by atoms with Gasteiger partial charge in [-0.1, -0.05) is 188 Å². The van der Waals surface area contributed by atoms with Crippen molar-refractivity contribution < 1.29 is 0 Å². The minimum absolute atomic E-state index is 1.21. The summed E-state index contributed by atoms with van der Waals surface area (Å²) in [5, 5.41) is 18.2. The Morgan fingerprint density at radius 1 is 0.185 bits per heavy atom. The van der Waals surface area contributed by atoms with E-state index < -0.39 is 0 Å².